The molecular weight excluding hydrogens is 255 g/mol. The second kappa shape index (κ2) is 4.29. The van der Waals surface area contributed by atoms with E-state index in [9.17, 15) is 18.0 Å². The lowest BCUT2D eigenvalue weighted by Crippen LogP contribution is -2.08. The Labute approximate surface area is 99.3 Å². The third-order valence-corrected chi connectivity index (χ3v) is 3.60. The molecule has 2 rings (SSSR count). The van der Waals surface area contributed by atoms with Gasteiger partial charge in [-0.3, -0.25) is 0 Å². The van der Waals surface area contributed by atoms with Gasteiger partial charge in [0.1, 0.15) is 4.88 Å². The first-order valence-corrected chi connectivity index (χ1v) is 5.98. The lowest BCUT2D eigenvalue weighted by Gasteiger charge is -2.02. The summed E-state index contributed by atoms with van der Waals surface area (Å²) in [6.07, 6.45) is -3.66. The molecule has 0 bridgehead atoms. The lowest BCUT2D eigenvalue weighted by atomic mass is 10.2. The van der Waals surface area contributed by atoms with Crippen LogP contribution in [-0.4, -0.2) is 22.2 Å². The molecule has 1 aromatic heterocycles. The molecule has 0 spiro atoms. The molecule has 1 saturated carbocycles. The summed E-state index contributed by atoms with van der Waals surface area (Å²) in [6.45, 7) is 0. The van der Waals surface area contributed by atoms with Gasteiger partial charge in [0.05, 0.1) is 10.7 Å². The van der Waals surface area contributed by atoms with Crippen LogP contribution in [0, 0.1) is 0 Å². The molecule has 1 aromatic rings. The van der Waals surface area contributed by atoms with Crippen LogP contribution in [0.5, 0.6) is 0 Å². The summed E-state index contributed by atoms with van der Waals surface area (Å²) in [5.74, 6) is -0.959. The van der Waals surface area contributed by atoms with Crippen LogP contribution in [0.25, 0.3) is 0 Å². The molecule has 1 aliphatic carbocycles. The zero-order valence-corrected chi connectivity index (χ0v) is 9.57. The van der Waals surface area contributed by atoms with Crippen LogP contribution < -0.4 is 0 Å². The summed E-state index contributed by atoms with van der Waals surface area (Å²) in [5, 5.41) is 9.20. The van der Waals surface area contributed by atoms with Gasteiger partial charge in [-0.15, -0.1) is 11.3 Å². The number of hydrogen-bond donors (Lipinski definition) is 1. The fourth-order valence-corrected chi connectivity index (χ4v) is 2.51. The SMILES string of the molecule is O=C(O)c1sc(CCC(F)(F)F)nc1C1CC1. The minimum Gasteiger partial charge on any atom is -0.477 e. The topological polar surface area (TPSA) is 50.2 Å². The van der Waals surface area contributed by atoms with Gasteiger partial charge in [-0.05, 0) is 12.8 Å². The molecule has 17 heavy (non-hydrogen) atoms. The maximum atomic E-state index is 12.0. The summed E-state index contributed by atoms with van der Waals surface area (Å²) >= 11 is 0.866. The minimum atomic E-state index is -4.23. The highest BCUT2D eigenvalue weighted by Crippen LogP contribution is 2.43. The Morgan fingerprint density at radius 2 is 2.12 bits per heavy atom. The van der Waals surface area contributed by atoms with E-state index in [1.54, 1.807) is 0 Å². The number of carbonyl (C=O) groups is 1. The smallest absolute Gasteiger partial charge is 0.389 e. The molecule has 0 aliphatic heterocycles. The highest BCUT2D eigenvalue weighted by Gasteiger charge is 2.33. The van der Waals surface area contributed by atoms with Crippen molar-refractivity contribution in [2.75, 3.05) is 0 Å². The maximum absolute atomic E-state index is 12.0. The van der Waals surface area contributed by atoms with Crippen LogP contribution in [0.3, 0.4) is 0 Å². The van der Waals surface area contributed by atoms with Crippen LogP contribution >= 0.6 is 11.3 Å². The lowest BCUT2D eigenvalue weighted by molar-refractivity contribution is -0.134. The second-order valence-electron chi connectivity index (χ2n) is 4.02. The monoisotopic (exact) mass is 265 g/mol. The Hall–Kier alpha value is -1.11. The van der Waals surface area contributed by atoms with E-state index in [0.29, 0.717) is 5.69 Å². The van der Waals surface area contributed by atoms with Crippen LogP contribution in [0.15, 0.2) is 0 Å². The first-order valence-electron chi connectivity index (χ1n) is 5.16. The van der Waals surface area contributed by atoms with Crippen molar-refractivity contribution in [2.24, 2.45) is 0 Å². The largest absolute Gasteiger partial charge is 0.477 e. The van der Waals surface area contributed by atoms with Gasteiger partial charge in [0, 0.05) is 18.8 Å². The molecule has 1 heterocycles. The van der Waals surface area contributed by atoms with E-state index in [0.717, 1.165) is 24.2 Å². The van der Waals surface area contributed by atoms with E-state index < -0.39 is 18.6 Å². The fourth-order valence-electron chi connectivity index (χ4n) is 1.52. The van der Waals surface area contributed by atoms with Crippen molar-refractivity contribution in [1.82, 2.24) is 4.98 Å². The number of thiazole rings is 1. The highest BCUT2D eigenvalue weighted by atomic mass is 32.1. The average molecular weight is 265 g/mol. The normalized spacial score (nSPS) is 16.2. The van der Waals surface area contributed by atoms with Gasteiger partial charge < -0.3 is 5.11 Å². The summed E-state index contributed by atoms with van der Waals surface area (Å²) in [5.41, 5.74) is 0.472. The number of aromatic nitrogens is 1. The van der Waals surface area contributed by atoms with Gasteiger partial charge in [-0.25, -0.2) is 9.78 Å². The highest BCUT2D eigenvalue weighted by molar-refractivity contribution is 7.13. The molecule has 1 N–H and O–H groups in total. The summed E-state index contributed by atoms with van der Waals surface area (Å²) in [6, 6.07) is 0. The molecule has 3 nitrogen and oxygen atoms in total. The van der Waals surface area contributed by atoms with Crippen molar-refractivity contribution in [2.45, 2.75) is 37.8 Å². The number of nitrogens with zero attached hydrogens (tertiary/aromatic N) is 1. The van der Waals surface area contributed by atoms with Crippen LogP contribution in [0.2, 0.25) is 0 Å². The Bertz CT molecular complexity index is 437. The van der Waals surface area contributed by atoms with E-state index in [4.69, 9.17) is 5.11 Å². The van der Waals surface area contributed by atoms with Crippen molar-refractivity contribution in [3.8, 4) is 0 Å². The molecule has 0 atom stereocenters. The van der Waals surface area contributed by atoms with Crippen molar-refractivity contribution in [1.29, 1.82) is 0 Å². The number of halogens is 3. The first kappa shape index (κ1) is 12.3. The Kier molecular flexibility index (Phi) is 3.11. The zero-order chi connectivity index (χ0) is 12.6. The quantitative estimate of drug-likeness (QED) is 0.909. The first-order chi connectivity index (χ1) is 7.87. The Morgan fingerprint density at radius 3 is 2.59 bits per heavy atom. The van der Waals surface area contributed by atoms with E-state index in [1.807, 2.05) is 0 Å². The van der Waals surface area contributed by atoms with Gasteiger partial charge >= 0.3 is 12.1 Å². The standard InChI is InChI=1S/C10H10F3NO2S/c11-10(12,13)4-3-6-14-7(5-1-2-5)8(17-6)9(15)16/h5H,1-4H2,(H,15,16). The number of hydrogen-bond acceptors (Lipinski definition) is 3. The number of aromatic carboxylic acids is 1. The van der Waals surface area contributed by atoms with E-state index >= 15 is 0 Å². The predicted molar refractivity (Wildman–Crippen MR) is 55.4 cm³/mol. The molecule has 0 amide bonds. The van der Waals surface area contributed by atoms with Crippen LogP contribution in [-0.2, 0) is 6.42 Å². The molecule has 7 heteroatoms. The Morgan fingerprint density at radius 1 is 1.47 bits per heavy atom. The maximum Gasteiger partial charge on any atom is 0.389 e. The molecular formula is C10H10F3NO2S. The van der Waals surface area contributed by atoms with E-state index in [1.165, 1.54) is 0 Å². The molecule has 0 unspecified atom stereocenters. The number of alkyl halides is 3. The third-order valence-electron chi connectivity index (χ3n) is 2.48. The molecule has 0 radical (unpaired) electrons. The van der Waals surface area contributed by atoms with E-state index in [2.05, 4.69) is 4.98 Å². The van der Waals surface area contributed by atoms with Gasteiger partial charge in [0.15, 0.2) is 0 Å². The summed E-state index contributed by atoms with van der Waals surface area (Å²) in [4.78, 5) is 15.1. The predicted octanol–water partition coefficient (Wildman–Crippen LogP) is 3.21. The summed E-state index contributed by atoms with van der Waals surface area (Å²) < 4.78 is 36.1. The van der Waals surface area contributed by atoms with Crippen molar-refractivity contribution >= 4 is 17.3 Å². The minimum absolute atomic E-state index is 0.102. The van der Waals surface area contributed by atoms with Gasteiger partial charge in [-0.2, -0.15) is 13.2 Å². The zero-order valence-electron chi connectivity index (χ0n) is 8.75. The number of carboxylic acid groups (broad SMARTS) is 1. The molecule has 0 aromatic carbocycles. The van der Waals surface area contributed by atoms with Crippen LogP contribution in [0.4, 0.5) is 13.2 Å². The van der Waals surface area contributed by atoms with Crippen molar-refractivity contribution in [3.05, 3.63) is 15.6 Å². The molecule has 1 fully saturated rings. The Balaban J connectivity index is 2.13. The van der Waals surface area contributed by atoms with Gasteiger partial charge in [-0.1, -0.05) is 0 Å². The summed E-state index contributed by atoms with van der Waals surface area (Å²) in [7, 11) is 0. The average Bonchev–Trinajstić information content (AvgIpc) is 2.94. The van der Waals surface area contributed by atoms with E-state index in [-0.39, 0.29) is 22.2 Å². The number of rotatable bonds is 4. The molecule has 94 valence electrons. The van der Waals surface area contributed by atoms with Crippen LogP contribution in [0.1, 0.15) is 45.6 Å². The van der Waals surface area contributed by atoms with Gasteiger partial charge in [0.25, 0.3) is 0 Å². The molecule has 0 saturated heterocycles. The van der Waals surface area contributed by atoms with Crippen molar-refractivity contribution < 1.29 is 23.1 Å². The second-order valence-corrected chi connectivity index (χ2v) is 5.10. The fraction of sp³-hybridized carbons (Fsp3) is 0.600. The number of aryl methyl sites for hydroxylation is 1. The number of carboxylic acids is 1. The third kappa shape index (κ3) is 3.18. The molecule has 1 aliphatic rings. The van der Waals surface area contributed by atoms with Crippen molar-refractivity contribution in [3.63, 3.8) is 0 Å². The van der Waals surface area contributed by atoms with Gasteiger partial charge in [0.2, 0.25) is 0 Å².